The SMILES string of the molecule is COc1ccc([C@@H]2[C@@H](C)[C@H]3C(=O)C=CC(=O)[C@H]32)cc1. The first-order valence-electron chi connectivity index (χ1n) is 6.53. The highest BCUT2D eigenvalue weighted by molar-refractivity contribution is 6.09. The van der Waals surface area contributed by atoms with Gasteiger partial charge < -0.3 is 4.74 Å². The zero-order valence-corrected chi connectivity index (χ0v) is 11.0. The first-order valence-corrected chi connectivity index (χ1v) is 6.53. The van der Waals surface area contributed by atoms with Crippen molar-refractivity contribution in [3.8, 4) is 5.75 Å². The summed E-state index contributed by atoms with van der Waals surface area (Å²) >= 11 is 0. The predicted octanol–water partition coefficient (Wildman–Crippen LogP) is 2.37. The molecule has 0 aliphatic heterocycles. The maximum Gasteiger partial charge on any atom is 0.160 e. The third kappa shape index (κ3) is 1.72. The van der Waals surface area contributed by atoms with Crippen LogP contribution in [-0.4, -0.2) is 18.7 Å². The molecule has 0 unspecified atom stereocenters. The molecule has 1 saturated carbocycles. The lowest BCUT2D eigenvalue weighted by atomic mass is 9.51. The molecule has 3 nitrogen and oxygen atoms in total. The second-order valence-corrected chi connectivity index (χ2v) is 5.35. The minimum atomic E-state index is -0.166. The number of ether oxygens (including phenoxy) is 1. The van der Waals surface area contributed by atoms with Gasteiger partial charge in [-0.15, -0.1) is 0 Å². The molecular formula is C16H16O3. The van der Waals surface area contributed by atoms with Gasteiger partial charge >= 0.3 is 0 Å². The van der Waals surface area contributed by atoms with Gasteiger partial charge in [0.25, 0.3) is 0 Å². The standard InChI is InChI=1S/C16H16O3/c1-9-14(10-3-5-11(19-2)6-4-10)16-13(18)8-7-12(17)15(9)16/h3-9,14-16H,1-2H3/t9-,14+,15+,16+/m1/s1. The van der Waals surface area contributed by atoms with E-state index in [1.165, 1.54) is 12.2 Å². The number of rotatable bonds is 2. The van der Waals surface area contributed by atoms with Crippen molar-refractivity contribution in [1.29, 1.82) is 0 Å². The molecule has 3 rings (SSSR count). The Morgan fingerprint density at radius 3 is 2.05 bits per heavy atom. The van der Waals surface area contributed by atoms with Gasteiger partial charge in [-0.1, -0.05) is 19.1 Å². The van der Waals surface area contributed by atoms with Gasteiger partial charge in [0.15, 0.2) is 11.6 Å². The van der Waals surface area contributed by atoms with Crippen LogP contribution in [0.1, 0.15) is 18.4 Å². The summed E-state index contributed by atoms with van der Waals surface area (Å²) in [7, 11) is 1.63. The van der Waals surface area contributed by atoms with E-state index in [1.54, 1.807) is 7.11 Å². The van der Waals surface area contributed by atoms with Gasteiger partial charge in [0, 0.05) is 11.8 Å². The molecule has 4 atom stereocenters. The molecule has 0 N–H and O–H groups in total. The molecule has 0 heterocycles. The Labute approximate surface area is 112 Å². The van der Waals surface area contributed by atoms with E-state index < -0.39 is 0 Å². The number of ketones is 2. The Hall–Kier alpha value is -1.90. The van der Waals surface area contributed by atoms with E-state index in [1.807, 2.05) is 24.3 Å². The van der Waals surface area contributed by atoms with Gasteiger partial charge in [0.1, 0.15) is 5.75 Å². The highest BCUT2D eigenvalue weighted by Gasteiger charge is 2.55. The van der Waals surface area contributed by atoms with Crippen molar-refractivity contribution in [3.05, 3.63) is 42.0 Å². The lowest BCUT2D eigenvalue weighted by molar-refractivity contribution is -0.141. The maximum absolute atomic E-state index is 12.0. The van der Waals surface area contributed by atoms with Crippen LogP contribution in [0.2, 0.25) is 0 Å². The smallest absolute Gasteiger partial charge is 0.160 e. The van der Waals surface area contributed by atoms with E-state index in [-0.39, 0.29) is 35.2 Å². The first kappa shape index (κ1) is 12.2. The zero-order chi connectivity index (χ0) is 13.6. The van der Waals surface area contributed by atoms with Crippen molar-refractivity contribution in [2.45, 2.75) is 12.8 Å². The van der Waals surface area contributed by atoms with Gasteiger partial charge in [0.05, 0.1) is 7.11 Å². The monoisotopic (exact) mass is 256 g/mol. The Bertz CT molecular complexity index is 556. The van der Waals surface area contributed by atoms with Gasteiger partial charge in [-0.3, -0.25) is 9.59 Å². The number of hydrogen-bond acceptors (Lipinski definition) is 3. The number of hydrogen-bond donors (Lipinski definition) is 0. The van der Waals surface area contributed by atoms with Crippen molar-refractivity contribution >= 4 is 11.6 Å². The van der Waals surface area contributed by atoms with Crippen LogP contribution in [0.3, 0.4) is 0 Å². The molecule has 0 radical (unpaired) electrons. The third-order valence-electron chi connectivity index (χ3n) is 4.48. The van der Waals surface area contributed by atoms with Crippen LogP contribution < -0.4 is 4.74 Å². The van der Waals surface area contributed by atoms with Gasteiger partial charge in [-0.05, 0) is 41.7 Å². The molecule has 1 fully saturated rings. The summed E-state index contributed by atoms with van der Waals surface area (Å²) in [5.74, 6) is 1.08. The number of allylic oxidation sites excluding steroid dienone is 2. The molecule has 0 saturated heterocycles. The minimum absolute atomic E-state index is 0.0866. The van der Waals surface area contributed by atoms with Crippen LogP contribution in [-0.2, 0) is 9.59 Å². The predicted molar refractivity (Wildman–Crippen MR) is 71.0 cm³/mol. The van der Waals surface area contributed by atoms with Gasteiger partial charge in [0.2, 0.25) is 0 Å². The molecule has 0 bridgehead atoms. The summed E-state index contributed by atoms with van der Waals surface area (Å²) < 4.78 is 5.14. The van der Waals surface area contributed by atoms with Gasteiger partial charge in [-0.25, -0.2) is 0 Å². The molecule has 3 heteroatoms. The fourth-order valence-corrected chi connectivity index (χ4v) is 3.47. The zero-order valence-electron chi connectivity index (χ0n) is 11.0. The summed E-state index contributed by atoms with van der Waals surface area (Å²) in [6.07, 6.45) is 2.87. The van der Waals surface area contributed by atoms with Crippen LogP contribution in [0.25, 0.3) is 0 Å². The fourth-order valence-electron chi connectivity index (χ4n) is 3.47. The Morgan fingerprint density at radius 1 is 0.895 bits per heavy atom. The summed E-state index contributed by atoms with van der Waals surface area (Å²) in [6, 6.07) is 7.79. The van der Waals surface area contributed by atoms with E-state index in [0.717, 1.165) is 11.3 Å². The number of methoxy groups -OCH3 is 1. The minimum Gasteiger partial charge on any atom is -0.497 e. The van der Waals surface area contributed by atoms with Crippen LogP contribution in [0.4, 0.5) is 0 Å². The normalized spacial score (nSPS) is 32.7. The largest absolute Gasteiger partial charge is 0.497 e. The molecule has 0 amide bonds. The van der Waals surface area contributed by atoms with Crippen LogP contribution in [0.15, 0.2) is 36.4 Å². The van der Waals surface area contributed by atoms with Crippen molar-refractivity contribution in [2.75, 3.05) is 7.11 Å². The molecule has 0 spiro atoms. The average molecular weight is 256 g/mol. The number of carbonyl (C=O) groups is 2. The van der Waals surface area contributed by atoms with Crippen LogP contribution in [0, 0.1) is 17.8 Å². The molecule has 0 aromatic heterocycles. The quantitative estimate of drug-likeness (QED) is 0.816. The Balaban J connectivity index is 1.91. The lowest BCUT2D eigenvalue weighted by Gasteiger charge is -2.50. The fraction of sp³-hybridized carbons (Fsp3) is 0.375. The second-order valence-electron chi connectivity index (χ2n) is 5.35. The Morgan fingerprint density at radius 2 is 1.47 bits per heavy atom. The van der Waals surface area contributed by atoms with E-state index >= 15 is 0 Å². The van der Waals surface area contributed by atoms with E-state index in [0.29, 0.717) is 0 Å². The molecule has 98 valence electrons. The van der Waals surface area contributed by atoms with E-state index in [9.17, 15) is 9.59 Å². The van der Waals surface area contributed by atoms with Crippen molar-refractivity contribution < 1.29 is 14.3 Å². The second kappa shape index (κ2) is 4.34. The van der Waals surface area contributed by atoms with Crippen molar-refractivity contribution in [1.82, 2.24) is 0 Å². The molecule has 2 aliphatic rings. The highest BCUT2D eigenvalue weighted by Crippen LogP contribution is 2.54. The van der Waals surface area contributed by atoms with E-state index in [4.69, 9.17) is 4.74 Å². The van der Waals surface area contributed by atoms with Crippen LogP contribution in [0.5, 0.6) is 5.75 Å². The summed E-state index contributed by atoms with van der Waals surface area (Å²) in [4.78, 5) is 23.8. The van der Waals surface area contributed by atoms with Crippen LogP contribution >= 0.6 is 0 Å². The molecule has 1 aromatic carbocycles. The summed E-state index contributed by atoms with van der Waals surface area (Å²) in [6.45, 7) is 2.06. The summed E-state index contributed by atoms with van der Waals surface area (Å²) in [5.41, 5.74) is 1.12. The number of benzene rings is 1. The number of carbonyl (C=O) groups excluding carboxylic acids is 2. The molecule has 2 aliphatic carbocycles. The van der Waals surface area contributed by atoms with E-state index in [2.05, 4.69) is 6.92 Å². The lowest BCUT2D eigenvalue weighted by Crippen LogP contribution is -2.52. The molecular weight excluding hydrogens is 240 g/mol. The third-order valence-corrected chi connectivity index (χ3v) is 4.48. The first-order chi connectivity index (χ1) is 9.13. The van der Waals surface area contributed by atoms with Crippen molar-refractivity contribution in [2.24, 2.45) is 17.8 Å². The molecule has 1 aromatic rings. The summed E-state index contributed by atoms with van der Waals surface area (Å²) in [5, 5.41) is 0. The maximum atomic E-state index is 12.0. The molecule has 19 heavy (non-hydrogen) atoms. The van der Waals surface area contributed by atoms with Crippen molar-refractivity contribution in [3.63, 3.8) is 0 Å². The number of fused-ring (bicyclic) bond motifs is 1. The van der Waals surface area contributed by atoms with Gasteiger partial charge in [-0.2, -0.15) is 0 Å². The Kier molecular flexibility index (Phi) is 2.77. The average Bonchev–Trinajstić information content (AvgIpc) is 2.42. The topological polar surface area (TPSA) is 43.4 Å². The highest BCUT2D eigenvalue weighted by atomic mass is 16.5.